The summed E-state index contributed by atoms with van der Waals surface area (Å²) in [4.78, 5) is 18.8. The lowest BCUT2D eigenvalue weighted by Crippen LogP contribution is -2.38. The molecule has 0 radical (unpaired) electrons. The molecular formula is C19H24N4O2. The molecule has 25 heavy (non-hydrogen) atoms. The Bertz CT molecular complexity index is 714. The van der Waals surface area contributed by atoms with Crippen LogP contribution in [0, 0.1) is 6.92 Å². The number of aryl methyl sites for hydroxylation is 1. The Morgan fingerprint density at radius 3 is 2.76 bits per heavy atom. The number of hydrogen-bond acceptors (Lipinski definition) is 4. The average molecular weight is 340 g/mol. The van der Waals surface area contributed by atoms with Crippen molar-refractivity contribution in [3.63, 3.8) is 0 Å². The first-order valence-electron chi connectivity index (χ1n) is 8.56. The van der Waals surface area contributed by atoms with Crippen LogP contribution in [0.1, 0.15) is 16.7 Å². The van der Waals surface area contributed by atoms with Crippen LogP contribution >= 0.6 is 0 Å². The van der Waals surface area contributed by atoms with Crippen molar-refractivity contribution in [2.75, 3.05) is 31.2 Å². The number of hydrogen-bond donors (Lipinski definition) is 2. The third-order valence-corrected chi connectivity index (χ3v) is 4.15. The summed E-state index contributed by atoms with van der Waals surface area (Å²) in [5, 5.41) is 5.81. The Balaban J connectivity index is 1.53. The molecule has 2 heterocycles. The molecule has 1 fully saturated rings. The molecule has 2 aromatic rings. The lowest BCUT2D eigenvalue weighted by Gasteiger charge is -2.29. The Hall–Kier alpha value is -2.60. The van der Waals surface area contributed by atoms with Gasteiger partial charge in [-0.2, -0.15) is 0 Å². The van der Waals surface area contributed by atoms with Gasteiger partial charge < -0.3 is 20.3 Å². The maximum absolute atomic E-state index is 12.1. The number of benzene rings is 1. The first-order chi connectivity index (χ1) is 12.2. The number of pyridine rings is 1. The molecule has 1 aliphatic heterocycles. The highest BCUT2D eigenvalue weighted by atomic mass is 16.5. The Morgan fingerprint density at radius 2 is 1.96 bits per heavy atom. The highest BCUT2D eigenvalue weighted by Gasteiger charge is 2.16. The zero-order valence-corrected chi connectivity index (χ0v) is 14.5. The van der Waals surface area contributed by atoms with Gasteiger partial charge in [0.25, 0.3) is 0 Å². The molecule has 1 aromatic heterocycles. The van der Waals surface area contributed by atoms with Crippen LogP contribution in [0.2, 0.25) is 0 Å². The zero-order valence-electron chi connectivity index (χ0n) is 14.5. The smallest absolute Gasteiger partial charge is 0.315 e. The molecule has 1 aromatic carbocycles. The molecule has 2 amide bonds. The fourth-order valence-corrected chi connectivity index (χ4v) is 2.87. The van der Waals surface area contributed by atoms with E-state index in [9.17, 15) is 4.79 Å². The Labute approximate surface area is 148 Å². The van der Waals surface area contributed by atoms with Crippen LogP contribution < -0.4 is 15.5 Å². The monoisotopic (exact) mass is 340 g/mol. The van der Waals surface area contributed by atoms with E-state index in [-0.39, 0.29) is 6.03 Å². The van der Waals surface area contributed by atoms with Crippen LogP contribution in [0.25, 0.3) is 0 Å². The van der Waals surface area contributed by atoms with Crippen molar-refractivity contribution >= 4 is 11.8 Å². The van der Waals surface area contributed by atoms with E-state index in [1.54, 1.807) is 6.20 Å². The Kier molecular flexibility index (Phi) is 5.85. The first kappa shape index (κ1) is 17.2. The zero-order chi connectivity index (χ0) is 17.5. The summed E-state index contributed by atoms with van der Waals surface area (Å²) in [5.41, 5.74) is 3.28. The van der Waals surface area contributed by atoms with Gasteiger partial charge in [-0.3, -0.25) is 0 Å². The third-order valence-electron chi connectivity index (χ3n) is 4.15. The van der Waals surface area contributed by atoms with Crippen molar-refractivity contribution in [3.05, 3.63) is 59.3 Å². The standard InChI is InChI=1S/C19H24N4O2/c1-15-4-2-5-16(12-15)13-21-19(24)22-14-17-6-3-7-20-18(17)23-8-10-25-11-9-23/h2-7,12H,8-11,13-14H2,1H3,(H2,21,22,24). The van der Waals surface area contributed by atoms with Crippen molar-refractivity contribution in [3.8, 4) is 0 Å². The lowest BCUT2D eigenvalue weighted by atomic mass is 10.1. The number of rotatable bonds is 5. The molecule has 0 saturated carbocycles. The third kappa shape index (κ3) is 4.93. The minimum Gasteiger partial charge on any atom is -0.378 e. The predicted molar refractivity (Wildman–Crippen MR) is 97.5 cm³/mol. The lowest BCUT2D eigenvalue weighted by molar-refractivity contribution is 0.122. The van der Waals surface area contributed by atoms with E-state index in [0.717, 1.165) is 30.0 Å². The molecule has 1 aliphatic rings. The van der Waals surface area contributed by atoms with Crippen LogP contribution in [0.3, 0.4) is 0 Å². The largest absolute Gasteiger partial charge is 0.378 e. The number of carbonyl (C=O) groups is 1. The maximum Gasteiger partial charge on any atom is 0.315 e. The van der Waals surface area contributed by atoms with Gasteiger partial charge >= 0.3 is 6.03 Å². The number of nitrogens with one attached hydrogen (secondary N) is 2. The van der Waals surface area contributed by atoms with Crippen LogP contribution in [0.4, 0.5) is 10.6 Å². The van der Waals surface area contributed by atoms with Gasteiger partial charge in [-0.25, -0.2) is 9.78 Å². The second-order valence-electron chi connectivity index (χ2n) is 6.11. The van der Waals surface area contributed by atoms with E-state index < -0.39 is 0 Å². The van der Waals surface area contributed by atoms with Crippen LogP contribution in [-0.4, -0.2) is 37.3 Å². The summed E-state index contributed by atoms with van der Waals surface area (Å²) < 4.78 is 5.39. The molecule has 0 unspecified atom stereocenters. The number of nitrogens with zero attached hydrogens (tertiary/aromatic N) is 2. The van der Waals surface area contributed by atoms with Crippen molar-refractivity contribution in [1.29, 1.82) is 0 Å². The number of ether oxygens (including phenoxy) is 1. The molecule has 6 nitrogen and oxygen atoms in total. The molecule has 132 valence electrons. The highest BCUT2D eigenvalue weighted by molar-refractivity contribution is 5.74. The van der Waals surface area contributed by atoms with Gasteiger partial charge in [-0.15, -0.1) is 0 Å². The normalized spacial score (nSPS) is 14.2. The summed E-state index contributed by atoms with van der Waals surface area (Å²) in [6.07, 6.45) is 1.78. The van der Waals surface area contributed by atoms with E-state index >= 15 is 0 Å². The van der Waals surface area contributed by atoms with Crippen molar-refractivity contribution < 1.29 is 9.53 Å². The fraction of sp³-hybridized carbons (Fsp3) is 0.368. The number of urea groups is 1. The number of morpholine rings is 1. The van der Waals surface area contributed by atoms with Gasteiger partial charge in [0.2, 0.25) is 0 Å². The van der Waals surface area contributed by atoms with E-state index in [1.807, 2.05) is 37.3 Å². The van der Waals surface area contributed by atoms with Crippen LogP contribution in [0.5, 0.6) is 0 Å². The second-order valence-corrected chi connectivity index (χ2v) is 6.11. The topological polar surface area (TPSA) is 66.5 Å². The second kappa shape index (κ2) is 8.48. The van der Waals surface area contributed by atoms with E-state index in [1.165, 1.54) is 5.56 Å². The molecule has 6 heteroatoms. The summed E-state index contributed by atoms with van der Waals surface area (Å²) in [6, 6.07) is 11.8. The molecule has 3 rings (SSSR count). The minimum atomic E-state index is -0.182. The van der Waals surface area contributed by atoms with Crippen LogP contribution in [-0.2, 0) is 17.8 Å². The number of amides is 2. The van der Waals surface area contributed by atoms with Crippen LogP contribution in [0.15, 0.2) is 42.6 Å². The molecule has 0 bridgehead atoms. The molecule has 0 spiro atoms. The predicted octanol–water partition coefficient (Wildman–Crippen LogP) is 2.23. The average Bonchev–Trinajstić information content (AvgIpc) is 2.66. The fourth-order valence-electron chi connectivity index (χ4n) is 2.87. The van der Waals surface area contributed by atoms with E-state index in [4.69, 9.17) is 4.74 Å². The highest BCUT2D eigenvalue weighted by Crippen LogP contribution is 2.18. The molecule has 0 atom stereocenters. The molecular weight excluding hydrogens is 316 g/mol. The summed E-state index contributed by atoms with van der Waals surface area (Å²) in [5.74, 6) is 0.921. The summed E-state index contributed by atoms with van der Waals surface area (Å²) >= 11 is 0. The van der Waals surface area contributed by atoms with Gasteiger partial charge in [0.15, 0.2) is 0 Å². The first-order valence-corrected chi connectivity index (χ1v) is 8.56. The van der Waals surface area contributed by atoms with Gasteiger partial charge in [0.05, 0.1) is 13.2 Å². The van der Waals surface area contributed by atoms with Gasteiger partial charge in [0.1, 0.15) is 5.82 Å². The summed E-state index contributed by atoms with van der Waals surface area (Å²) in [7, 11) is 0. The summed E-state index contributed by atoms with van der Waals surface area (Å²) in [6.45, 7) is 6.06. The van der Waals surface area contributed by atoms with Crippen molar-refractivity contribution in [2.45, 2.75) is 20.0 Å². The van der Waals surface area contributed by atoms with E-state index in [0.29, 0.717) is 26.3 Å². The Morgan fingerprint density at radius 1 is 1.16 bits per heavy atom. The van der Waals surface area contributed by atoms with Gasteiger partial charge in [-0.1, -0.05) is 35.9 Å². The molecule has 2 N–H and O–H groups in total. The van der Waals surface area contributed by atoms with Gasteiger partial charge in [-0.05, 0) is 18.6 Å². The SMILES string of the molecule is Cc1cccc(CNC(=O)NCc2cccnc2N2CCOCC2)c1. The van der Waals surface area contributed by atoms with Crippen molar-refractivity contribution in [1.82, 2.24) is 15.6 Å². The minimum absolute atomic E-state index is 0.182. The number of carbonyl (C=O) groups excluding carboxylic acids is 1. The quantitative estimate of drug-likeness (QED) is 0.876. The van der Waals surface area contributed by atoms with Crippen molar-refractivity contribution in [2.24, 2.45) is 0 Å². The molecule has 1 saturated heterocycles. The van der Waals surface area contributed by atoms with Gasteiger partial charge in [0, 0.05) is 37.9 Å². The number of aromatic nitrogens is 1. The molecule has 0 aliphatic carbocycles. The van der Waals surface area contributed by atoms with E-state index in [2.05, 4.69) is 26.6 Å². The maximum atomic E-state index is 12.1. The number of anilines is 1.